The lowest BCUT2D eigenvalue weighted by Crippen LogP contribution is -2.30. The third kappa shape index (κ3) is 3.30. The molecule has 0 spiro atoms. The minimum atomic E-state index is 0.240. The highest BCUT2D eigenvalue weighted by molar-refractivity contribution is 5.31. The zero-order chi connectivity index (χ0) is 12.1. The molecule has 1 aromatic carbocycles. The Bertz CT molecular complexity index is 351. The Hall–Kier alpha value is -0.860. The Morgan fingerprint density at radius 1 is 1.41 bits per heavy atom. The molecule has 1 aliphatic heterocycles. The Kier molecular flexibility index (Phi) is 4.57. The zero-order valence-corrected chi connectivity index (χ0v) is 10.9. The van der Waals surface area contributed by atoms with Crippen LogP contribution in [0.3, 0.4) is 0 Å². The highest BCUT2D eigenvalue weighted by atomic mass is 16.5. The molecule has 17 heavy (non-hydrogen) atoms. The average Bonchev–Trinajstić information content (AvgIpc) is 2.39. The molecular formula is C15H23NO. The first-order valence-corrected chi connectivity index (χ1v) is 6.71. The number of ether oxygens (including phenoxy) is 1. The molecule has 1 N–H and O–H groups in total. The van der Waals surface area contributed by atoms with Crippen molar-refractivity contribution in [3.63, 3.8) is 0 Å². The molecule has 2 rings (SSSR count). The number of benzene rings is 1. The summed E-state index contributed by atoms with van der Waals surface area (Å²) in [5.74, 6) is 0.744. The van der Waals surface area contributed by atoms with E-state index in [0.717, 1.165) is 32.0 Å². The molecule has 2 nitrogen and oxygen atoms in total. The largest absolute Gasteiger partial charge is 0.372 e. The topological polar surface area (TPSA) is 21.3 Å². The maximum absolute atomic E-state index is 5.86. The summed E-state index contributed by atoms with van der Waals surface area (Å²) in [6.45, 7) is 7.38. The number of nitrogens with one attached hydrogen (secondary N) is 1. The highest BCUT2D eigenvalue weighted by Crippen LogP contribution is 2.26. The second-order valence-electron chi connectivity index (χ2n) is 4.98. The van der Waals surface area contributed by atoms with Crippen molar-refractivity contribution in [3.8, 4) is 0 Å². The summed E-state index contributed by atoms with van der Waals surface area (Å²) >= 11 is 0. The molecule has 0 aromatic heterocycles. The van der Waals surface area contributed by atoms with Crippen LogP contribution >= 0.6 is 0 Å². The van der Waals surface area contributed by atoms with Crippen molar-refractivity contribution in [1.82, 2.24) is 5.32 Å². The molecule has 0 bridgehead atoms. The molecule has 2 unspecified atom stereocenters. The van der Waals surface area contributed by atoms with E-state index in [4.69, 9.17) is 4.74 Å². The van der Waals surface area contributed by atoms with Gasteiger partial charge < -0.3 is 10.1 Å². The Morgan fingerprint density at radius 2 is 2.24 bits per heavy atom. The molecule has 1 heterocycles. The van der Waals surface area contributed by atoms with Gasteiger partial charge in [-0.3, -0.25) is 0 Å². The maximum atomic E-state index is 5.86. The fourth-order valence-corrected chi connectivity index (χ4v) is 2.25. The zero-order valence-electron chi connectivity index (χ0n) is 10.9. The summed E-state index contributed by atoms with van der Waals surface area (Å²) in [5.41, 5.74) is 2.82. The first-order chi connectivity index (χ1) is 8.31. The Labute approximate surface area is 104 Å². The van der Waals surface area contributed by atoms with Gasteiger partial charge in [-0.1, -0.05) is 44.5 Å². The molecule has 1 aromatic rings. The molecule has 0 amide bonds. The van der Waals surface area contributed by atoms with Crippen LogP contribution in [0.1, 0.15) is 37.5 Å². The van der Waals surface area contributed by atoms with Crippen LogP contribution in [0.15, 0.2) is 24.3 Å². The van der Waals surface area contributed by atoms with Crippen molar-refractivity contribution >= 4 is 0 Å². The maximum Gasteiger partial charge on any atom is 0.0952 e. The quantitative estimate of drug-likeness (QED) is 0.844. The third-order valence-corrected chi connectivity index (χ3v) is 3.61. The first kappa shape index (κ1) is 12.6. The van der Waals surface area contributed by atoms with Crippen molar-refractivity contribution in [2.24, 2.45) is 5.92 Å². The van der Waals surface area contributed by atoms with E-state index in [1.807, 2.05) is 0 Å². The van der Waals surface area contributed by atoms with Gasteiger partial charge in [0.25, 0.3) is 0 Å². The third-order valence-electron chi connectivity index (χ3n) is 3.61. The van der Waals surface area contributed by atoms with Crippen molar-refractivity contribution in [2.45, 2.75) is 32.8 Å². The van der Waals surface area contributed by atoms with Gasteiger partial charge in [0.05, 0.1) is 12.7 Å². The fraction of sp³-hybridized carbons (Fsp3) is 0.600. The molecule has 0 aliphatic carbocycles. The van der Waals surface area contributed by atoms with Crippen molar-refractivity contribution in [1.29, 1.82) is 0 Å². The van der Waals surface area contributed by atoms with Crippen LogP contribution in [0.25, 0.3) is 0 Å². The van der Waals surface area contributed by atoms with Crippen molar-refractivity contribution in [2.75, 3.05) is 19.7 Å². The van der Waals surface area contributed by atoms with Crippen LogP contribution in [0, 0.1) is 5.92 Å². The van der Waals surface area contributed by atoms with Crippen LogP contribution in [0.5, 0.6) is 0 Å². The van der Waals surface area contributed by atoms with Gasteiger partial charge in [0.1, 0.15) is 0 Å². The van der Waals surface area contributed by atoms with Crippen LogP contribution in [0.2, 0.25) is 0 Å². The van der Waals surface area contributed by atoms with Gasteiger partial charge in [0, 0.05) is 6.54 Å². The van der Waals surface area contributed by atoms with E-state index in [0.29, 0.717) is 0 Å². The predicted molar refractivity (Wildman–Crippen MR) is 71.2 cm³/mol. The Balaban J connectivity index is 1.90. The molecule has 0 radical (unpaired) electrons. The van der Waals surface area contributed by atoms with Crippen LogP contribution in [-0.4, -0.2) is 19.7 Å². The summed E-state index contributed by atoms with van der Waals surface area (Å²) in [6.07, 6.45) is 2.52. The van der Waals surface area contributed by atoms with E-state index < -0.39 is 0 Å². The second-order valence-corrected chi connectivity index (χ2v) is 4.98. The fourth-order valence-electron chi connectivity index (χ4n) is 2.25. The average molecular weight is 233 g/mol. The minimum Gasteiger partial charge on any atom is -0.372 e. The molecular weight excluding hydrogens is 210 g/mol. The molecule has 0 saturated heterocycles. The molecule has 1 aliphatic rings. The van der Waals surface area contributed by atoms with E-state index >= 15 is 0 Å². The first-order valence-electron chi connectivity index (χ1n) is 6.71. The van der Waals surface area contributed by atoms with Crippen LogP contribution in [-0.2, 0) is 11.2 Å². The second kappa shape index (κ2) is 6.18. The molecule has 0 fully saturated rings. The minimum absolute atomic E-state index is 0.240. The lowest BCUT2D eigenvalue weighted by molar-refractivity contribution is 0.0421. The summed E-state index contributed by atoms with van der Waals surface area (Å²) < 4.78 is 5.86. The SMILES string of the molecule is CCC(C)CNCC1OCCc2ccccc21. The van der Waals surface area contributed by atoms with E-state index in [9.17, 15) is 0 Å². The van der Waals surface area contributed by atoms with Crippen molar-refractivity contribution < 1.29 is 4.74 Å². The monoisotopic (exact) mass is 233 g/mol. The van der Waals surface area contributed by atoms with E-state index in [2.05, 4.69) is 43.4 Å². The highest BCUT2D eigenvalue weighted by Gasteiger charge is 2.19. The number of hydrogen-bond acceptors (Lipinski definition) is 2. The Morgan fingerprint density at radius 3 is 3.06 bits per heavy atom. The van der Waals surface area contributed by atoms with Gasteiger partial charge in [-0.15, -0.1) is 0 Å². The van der Waals surface area contributed by atoms with Crippen molar-refractivity contribution in [3.05, 3.63) is 35.4 Å². The van der Waals surface area contributed by atoms with Gasteiger partial charge in [-0.2, -0.15) is 0 Å². The number of rotatable bonds is 5. The summed E-state index contributed by atoms with van der Waals surface area (Å²) in [7, 11) is 0. The van der Waals surface area contributed by atoms with E-state index in [1.54, 1.807) is 0 Å². The van der Waals surface area contributed by atoms with Crippen LogP contribution in [0.4, 0.5) is 0 Å². The standard InChI is InChI=1S/C15H23NO/c1-3-12(2)10-16-11-15-14-7-5-4-6-13(14)8-9-17-15/h4-7,12,15-16H,3,8-11H2,1-2H3. The normalized spacial score (nSPS) is 20.9. The smallest absolute Gasteiger partial charge is 0.0952 e. The number of hydrogen-bond donors (Lipinski definition) is 1. The lowest BCUT2D eigenvalue weighted by atomic mass is 9.97. The van der Waals surface area contributed by atoms with Gasteiger partial charge in [-0.05, 0) is 30.0 Å². The van der Waals surface area contributed by atoms with E-state index in [-0.39, 0.29) is 6.10 Å². The molecule has 2 atom stereocenters. The summed E-state index contributed by atoms with van der Waals surface area (Å²) in [5, 5.41) is 3.52. The van der Waals surface area contributed by atoms with Gasteiger partial charge in [0.15, 0.2) is 0 Å². The van der Waals surface area contributed by atoms with Gasteiger partial charge in [0.2, 0.25) is 0 Å². The summed E-state index contributed by atoms with van der Waals surface area (Å²) in [6, 6.07) is 8.65. The van der Waals surface area contributed by atoms with Gasteiger partial charge >= 0.3 is 0 Å². The summed E-state index contributed by atoms with van der Waals surface area (Å²) in [4.78, 5) is 0. The lowest BCUT2D eigenvalue weighted by Gasteiger charge is -2.26. The molecule has 94 valence electrons. The molecule has 2 heteroatoms. The van der Waals surface area contributed by atoms with Gasteiger partial charge in [-0.25, -0.2) is 0 Å². The van der Waals surface area contributed by atoms with E-state index in [1.165, 1.54) is 17.5 Å². The van der Waals surface area contributed by atoms with Crippen LogP contribution < -0.4 is 5.32 Å². The molecule has 0 saturated carbocycles. The predicted octanol–water partition coefficient (Wildman–Crippen LogP) is 2.94. The number of fused-ring (bicyclic) bond motifs is 1.